The molecule has 0 spiro atoms. The summed E-state index contributed by atoms with van der Waals surface area (Å²) in [5.41, 5.74) is 8.30. The van der Waals surface area contributed by atoms with Crippen molar-refractivity contribution in [3.8, 4) is 5.75 Å². The van der Waals surface area contributed by atoms with Gasteiger partial charge in [0, 0.05) is 27.3 Å². The Morgan fingerprint density at radius 3 is 2.24 bits per heavy atom. The summed E-state index contributed by atoms with van der Waals surface area (Å²) in [7, 11) is 0. The number of benzene rings is 3. The van der Waals surface area contributed by atoms with Crippen LogP contribution in [0.5, 0.6) is 5.75 Å². The van der Waals surface area contributed by atoms with Crippen molar-refractivity contribution in [2.45, 2.75) is 39.1 Å². The molecule has 0 aliphatic heterocycles. The molecular weight excluding hydrogens is 551 g/mol. The predicted molar refractivity (Wildman–Crippen MR) is 151 cm³/mol. The van der Waals surface area contributed by atoms with Crippen LogP contribution in [0.2, 0.25) is 0 Å². The highest BCUT2D eigenvalue weighted by Gasteiger charge is 2.31. The number of amides is 2. The molecule has 0 saturated carbocycles. The number of guanidine groups is 1. The molecule has 0 fully saturated rings. The molecule has 0 aliphatic rings. The van der Waals surface area contributed by atoms with Gasteiger partial charge in [0.15, 0.2) is 0 Å². The number of nitrogens with one attached hydrogen (secondary N) is 2. The van der Waals surface area contributed by atoms with Gasteiger partial charge in [0.1, 0.15) is 11.4 Å². The minimum Gasteiger partial charge on any atom is -0.406 e. The number of alkyl halides is 3. The van der Waals surface area contributed by atoms with Crippen molar-refractivity contribution in [2.24, 2.45) is 16.1 Å². The van der Waals surface area contributed by atoms with Gasteiger partial charge in [-0.15, -0.1) is 23.8 Å². The number of halogens is 3. The van der Waals surface area contributed by atoms with Crippen molar-refractivity contribution in [3.63, 3.8) is 0 Å². The van der Waals surface area contributed by atoms with Gasteiger partial charge < -0.3 is 20.5 Å². The molecule has 1 aromatic heterocycles. The number of nitrogens with zero attached hydrogens (tertiary/aromatic N) is 3. The fourth-order valence-corrected chi connectivity index (χ4v) is 4.21. The van der Waals surface area contributed by atoms with Crippen LogP contribution in [0.3, 0.4) is 0 Å². The summed E-state index contributed by atoms with van der Waals surface area (Å²) in [5.74, 6) is 3.54. The van der Waals surface area contributed by atoms with Crippen LogP contribution in [0.4, 0.5) is 18.9 Å². The zero-order valence-corrected chi connectivity index (χ0v) is 23.0. The summed E-state index contributed by atoms with van der Waals surface area (Å²) in [5, 5.41) is 9.25. The fraction of sp³-hybridized carbons (Fsp3) is 0.207. The highest BCUT2D eigenvalue weighted by molar-refractivity contribution is 6.08. The van der Waals surface area contributed by atoms with Crippen LogP contribution < -0.4 is 26.3 Å². The SMILES string of the molecule is CC(C)(C)c1ccc(N(Cc2ccc(C(=O)N/C(N=[NH2+])=N/N)cc2)C(=O)c2cc3cc(OC(F)(F)F)ccc3[nH]2)cc1. The van der Waals surface area contributed by atoms with Gasteiger partial charge in [-0.3, -0.25) is 14.9 Å². The van der Waals surface area contributed by atoms with Gasteiger partial charge in [-0.05, 0) is 65.1 Å². The first-order valence-electron chi connectivity index (χ1n) is 12.7. The molecule has 3 aromatic carbocycles. The Labute approximate surface area is 238 Å². The molecule has 10 nitrogen and oxygen atoms in total. The van der Waals surface area contributed by atoms with Crippen molar-refractivity contribution in [3.05, 3.63) is 95.2 Å². The molecule has 6 N–H and O–H groups in total. The molecule has 13 heteroatoms. The Morgan fingerprint density at radius 2 is 1.67 bits per heavy atom. The van der Waals surface area contributed by atoms with Crippen LogP contribution >= 0.6 is 0 Å². The first-order valence-corrected chi connectivity index (χ1v) is 12.7. The highest BCUT2D eigenvalue weighted by Crippen LogP contribution is 2.30. The van der Waals surface area contributed by atoms with Crippen molar-refractivity contribution < 1.29 is 33.0 Å². The van der Waals surface area contributed by atoms with Crippen LogP contribution in [0.1, 0.15) is 52.7 Å². The molecule has 1 heterocycles. The van der Waals surface area contributed by atoms with Gasteiger partial charge in [0.2, 0.25) is 0 Å². The quantitative estimate of drug-likeness (QED) is 0.0880. The molecule has 42 heavy (non-hydrogen) atoms. The van der Waals surface area contributed by atoms with Crippen molar-refractivity contribution in [1.82, 2.24) is 10.3 Å². The molecule has 4 aromatic rings. The minimum atomic E-state index is -4.84. The lowest BCUT2D eigenvalue weighted by Crippen LogP contribution is -2.37. The van der Waals surface area contributed by atoms with E-state index < -0.39 is 23.9 Å². The van der Waals surface area contributed by atoms with E-state index in [2.05, 4.69) is 46.0 Å². The summed E-state index contributed by atoms with van der Waals surface area (Å²) < 4.78 is 42.1. The number of aromatic amines is 1. The molecule has 0 radical (unpaired) electrons. The summed E-state index contributed by atoms with van der Waals surface area (Å²) in [6.45, 7) is 6.36. The zero-order valence-electron chi connectivity index (χ0n) is 23.0. The second-order valence-electron chi connectivity index (χ2n) is 10.4. The Kier molecular flexibility index (Phi) is 8.31. The molecule has 0 bridgehead atoms. The maximum Gasteiger partial charge on any atom is 0.573 e. The van der Waals surface area contributed by atoms with E-state index in [4.69, 9.17) is 11.4 Å². The van der Waals surface area contributed by atoms with Crippen molar-refractivity contribution in [1.29, 1.82) is 0 Å². The van der Waals surface area contributed by atoms with E-state index >= 15 is 0 Å². The van der Waals surface area contributed by atoms with E-state index in [9.17, 15) is 22.8 Å². The summed E-state index contributed by atoms with van der Waals surface area (Å²) in [4.78, 5) is 30.8. The van der Waals surface area contributed by atoms with Crippen LogP contribution in [-0.4, -0.2) is 29.1 Å². The topological polar surface area (TPSA) is 151 Å². The van der Waals surface area contributed by atoms with E-state index in [1.54, 1.807) is 24.3 Å². The molecule has 0 saturated heterocycles. The maximum atomic E-state index is 13.8. The van der Waals surface area contributed by atoms with E-state index in [-0.39, 0.29) is 29.2 Å². The molecule has 2 amide bonds. The lowest BCUT2D eigenvalue weighted by Gasteiger charge is -2.25. The summed E-state index contributed by atoms with van der Waals surface area (Å²) >= 11 is 0. The van der Waals surface area contributed by atoms with Crippen LogP contribution in [0.15, 0.2) is 83.0 Å². The molecule has 0 atom stereocenters. The number of rotatable bonds is 6. The Morgan fingerprint density at radius 1 is 1.00 bits per heavy atom. The predicted octanol–water partition coefficient (Wildman–Crippen LogP) is 4.38. The second-order valence-corrected chi connectivity index (χ2v) is 10.4. The van der Waals surface area contributed by atoms with Gasteiger partial charge >= 0.3 is 12.3 Å². The Balaban J connectivity index is 1.65. The van der Waals surface area contributed by atoms with Crippen LogP contribution in [-0.2, 0) is 12.0 Å². The van der Waals surface area contributed by atoms with Gasteiger partial charge in [-0.2, -0.15) is 0 Å². The number of aromatic nitrogens is 1. The summed E-state index contributed by atoms with van der Waals surface area (Å²) in [6.07, 6.45) is -4.84. The smallest absolute Gasteiger partial charge is 0.406 e. The molecule has 0 aliphatic carbocycles. The number of H-pyrrole nitrogens is 1. The monoisotopic (exact) mass is 580 g/mol. The number of ether oxygens (including phenoxy) is 1. The Bertz CT molecular complexity index is 1640. The largest absolute Gasteiger partial charge is 0.573 e. The number of nitrogens with two attached hydrogens (primary N) is 2. The number of hydrogen-bond donors (Lipinski definition) is 4. The second kappa shape index (κ2) is 11.7. The third-order valence-corrected chi connectivity index (χ3v) is 6.37. The number of anilines is 1. The molecule has 218 valence electrons. The van der Waals surface area contributed by atoms with Gasteiger partial charge in [0.05, 0.1) is 6.54 Å². The molecular formula is C29H29F3N7O3+. The van der Waals surface area contributed by atoms with Gasteiger partial charge in [-0.25, -0.2) is 0 Å². The van der Waals surface area contributed by atoms with Gasteiger partial charge in [0.25, 0.3) is 11.8 Å². The number of carbonyl (C=O) groups excluding carboxylic acids is 2. The van der Waals surface area contributed by atoms with E-state index in [1.807, 2.05) is 24.3 Å². The first-order chi connectivity index (χ1) is 19.8. The number of hydrogen-bond acceptors (Lipinski definition) is 5. The fourth-order valence-electron chi connectivity index (χ4n) is 4.21. The molecule has 0 unspecified atom stereocenters. The van der Waals surface area contributed by atoms with E-state index in [1.165, 1.54) is 29.2 Å². The average molecular weight is 581 g/mol. The van der Waals surface area contributed by atoms with E-state index in [0.29, 0.717) is 22.2 Å². The van der Waals surface area contributed by atoms with Crippen LogP contribution in [0.25, 0.3) is 10.9 Å². The minimum absolute atomic E-state index is 0.108. The molecule has 4 rings (SSSR count). The van der Waals surface area contributed by atoms with Crippen molar-refractivity contribution >= 4 is 34.4 Å². The third kappa shape index (κ3) is 7.11. The van der Waals surface area contributed by atoms with Crippen molar-refractivity contribution in [2.75, 3.05) is 4.90 Å². The average Bonchev–Trinajstić information content (AvgIpc) is 3.37. The standard InChI is InChI=1S/C29H28F3N7O3/c1-28(2,3)20-8-10-21(11-9-20)39(16-17-4-6-18(7-5-17)25(40)36-27(37-33)38-34)26(41)24-15-19-14-22(42-29(30,31)32)12-13-23(19)35-24/h4-15,33,35H,16,34H2,1-3H3,(H,36,38,40)/p+1. The first kappa shape index (κ1) is 29.8. The van der Waals surface area contributed by atoms with E-state index in [0.717, 1.165) is 5.56 Å². The third-order valence-electron chi connectivity index (χ3n) is 6.37. The lowest BCUT2D eigenvalue weighted by molar-refractivity contribution is -0.274. The lowest BCUT2D eigenvalue weighted by atomic mass is 9.87. The number of fused-ring (bicyclic) bond motifs is 1. The number of hydrazone groups is 1. The van der Waals surface area contributed by atoms with Crippen LogP contribution in [0, 0.1) is 0 Å². The summed E-state index contributed by atoms with van der Waals surface area (Å²) in [6, 6.07) is 19.3. The number of carbonyl (C=O) groups is 2. The van der Waals surface area contributed by atoms with Gasteiger partial charge in [-0.1, -0.05) is 45.0 Å². The highest BCUT2D eigenvalue weighted by atomic mass is 19.4. The normalized spacial score (nSPS) is 12.2. The maximum absolute atomic E-state index is 13.8. The zero-order chi connectivity index (χ0) is 30.7. The Hall–Kier alpha value is -5.20.